The number of rotatable bonds is 7. The summed E-state index contributed by atoms with van der Waals surface area (Å²) >= 11 is 0. The molecule has 1 aromatic carbocycles. The third kappa shape index (κ3) is 5.51. The van der Waals surface area contributed by atoms with Crippen molar-refractivity contribution >= 4 is 35.6 Å². The highest BCUT2D eigenvalue weighted by Gasteiger charge is 2.34. The number of fused-ring (bicyclic) bond motifs is 1. The van der Waals surface area contributed by atoms with Crippen molar-refractivity contribution in [1.29, 1.82) is 0 Å². The van der Waals surface area contributed by atoms with E-state index in [1.165, 1.54) is 37.7 Å². The van der Waals surface area contributed by atoms with Crippen LogP contribution in [0.5, 0.6) is 5.75 Å². The minimum Gasteiger partial charge on any atom is -0.497 e. The predicted octanol–water partition coefficient (Wildman–Crippen LogP) is 4.31. The number of hydrogen-bond acceptors (Lipinski definition) is 4. The lowest BCUT2D eigenvalue weighted by Crippen LogP contribution is -2.46. The quantitative estimate of drug-likeness (QED) is 0.262. The number of hydrogen-bond donors (Lipinski definition) is 2. The van der Waals surface area contributed by atoms with Crippen LogP contribution in [0.1, 0.15) is 50.4 Å². The van der Waals surface area contributed by atoms with Crippen LogP contribution in [-0.2, 0) is 12.0 Å². The van der Waals surface area contributed by atoms with E-state index in [2.05, 4.69) is 52.0 Å². The second kappa shape index (κ2) is 11.5. The van der Waals surface area contributed by atoms with Gasteiger partial charge in [-0.15, -0.1) is 34.2 Å². The van der Waals surface area contributed by atoms with Gasteiger partial charge in [-0.25, -0.2) is 4.99 Å². The zero-order valence-corrected chi connectivity index (χ0v) is 21.2. The van der Waals surface area contributed by atoms with Gasteiger partial charge in [-0.3, -0.25) is 4.40 Å². The summed E-state index contributed by atoms with van der Waals surface area (Å²) in [7, 11) is 1.71. The summed E-state index contributed by atoms with van der Waals surface area (Å²) in [6, 6.07) is 14.5. The number of guanidine groups is 1. The number of methoxy groups -OCH3 is 1. The van der Waals surface area contributed by atoms with Gasteiger partial charge >= 0.3 is 0 Å². The highest BCUT2D eigenvalue weighted by atomic mass is 127. The molecule has 0 radical (unpaired) electrons. The van der Waals surface area contributed by atoms with E-state index < -0.39 is 0 Å². The first-order valence-corrected chi connectivity index (χ1v) is 11.2. The van der Waals surface area contributed by atoms with E-state index in [9.17, 15) is 0 Å². The minimum absolute atomic E-state index is 0. The van der Waals surface area contributed by atoms with Crippen molar-refractivity contribution in [3.8, 4) is 5.75 Å². The third-order valence-electron chi connectivity index (χ3n) is 6.21. The number of aromatic nitrogens is 3. The first-order valence-electron chi connectivity index (χ1n) is 11.2. The fraction of sp³-hybridized carbons (Fsp3) is 0.458. The molecule has 0 amide bonds. The number of ether oxygens (including phenoxy) is 1. The molecular weight excluding hydrogens is 515 g/mol. The number of aliphatic imine (C=N–C) groups is 1. The third-order valence-corrected chi connectivity index (χ3v) is 6.21. The molecule has 8 heteroatoms. The first-order chi connectivity index (χ1) is 15.2. The summed E-state index contributed by atoms with van der Waals surface area (Å²) in [6.07, 6.45) is 8.16. The van der Waals surface area contributed by atoms with Gasteiger partial charge < -0.3 is 15.4 Å². The van der Waals surface area contributed by atoms with Crippen LogP contribution in [0.3, 0.4) is 0 Å². The maximum Gasteiger partial charge on any atom is 0.191 e. The SMILES string of the molecule is CCNC(=NCc1nnc2ccccn12)NCC1(c2ccc(OC)cc2)CCCCC1.I. The van der Waals surface area contributed by atoms with Crippen molar-refractivity contribution in [2.75, 3.05) is 20.2 Å². The van der Waals surface area contributed by atoms with Crippen molar-refractivity contribution in [2.24, 2.45) is 4.99 Å². The summed E-state index contributed by atoms with van der Waals surface area (Å²) in [6.45, 7) is 4.22. The number of halogens is 1. The van der Waals surface area contributed by atoms with E-state index in [1.54, 1.807) is 7.11 Å². The normalized spacial score (nSPS) is 15.8. The summed E-state index contributed by atoms with van der Waals surface area (Å²) < 4.78 is 7.34. The van der Waals surface area contributed by atoms with Crippen LogP contribution in [0.15, 0.2) is 53.7 Å². The van der Waals surface area contributed by atoms with Gasteiger partial charge in [0.15, 0.2) is 17.4 Å². The molecule has 172 valence electrons. The van der Waals surface area contributed by atoms with Crippen LogP contribution >= 0.6 is 24.0 Å². The molecule has 7 nitrogen and oxygen atoms in total. The van der Waals surface area contributed by atoms with Crippen LogP contribution in [0.4, 0.5) is 0 Å². The average Bonchev–Trinajstić information content (AvgIpc) is 3.25. The second-order valence-electron chi connectivity index (χ2n) is 8.16. The highest BCUT2D eigenvalue weighted by Crippen LogP contribution is 2.39. The molecule has 0 saturated heterocycles. The smallest absolute Gasteiger partial charge is 0.191 e. The lowest BCUT2D eigenvalue weighted by Gasteiger charge is -2.38. The van der Waals surface area contributed by atoms with E-state index in [0.29, 0.717) is 6.54 Å². The van der Waals surface area contributed by atoms with Gasteiger partial charge in [0.2, 0.25) is 0 Å². The molecular formula is C24H33IN6O. The van der Waals surface area contributed by atoms with E-state index >= 15 is 0 Å². The van der Waals surface area contributed by atoms with Gasteiger partial charge in [0.1, 0.15) is 12.3 Å². The zero-order valence-electron chi connectivity index (χ0n) is 18.9. The Morgan fingerprint density at radius 2 is 1.84 bits per heavy atom. The minimum atomic E-state index is 0. The van der Waals surface area contributed by atoms with Crippen molar-refractivity contribution in [3.63, 3.8) is 0 Å². The van der Waals surface area contributed by atoms with E-state index in [-0.39, 0.29) is 29.4 Å². The zero-order chi connectivity index (χ0) is 21.5. The monoisotopic (exact) mass is 548 g/mol. The molecule has 3 aromatic rings. The van der Waals surface area contributed by atoms with Crippen LogP contribution in [0, 0.1) is 0 Å². The maximum atomic E-state index is 5.36. The molecule has 0 spiro atoms. The van der Waals surface area contributed by atoms with Crippen LogP contribution in [0.2, 0.25) is 0 Å². The average molecular weight is 548 g/mol. The molecule has 1 aliphatic rings. The summed E-state index contributed by atoms with van der Waals surface area (Å²) in [4.78, 5) is 4.79. The van der Waals surface area contributed by atoms with Gasteiger partial charge in [-0.05, 0) is 49.6 Å². The Kier molecular flexibility index (Phi) is 8.72. The van der Waals surface area contributed by atoms with E-state index in [1.807, 2.05) is 28.8 Å². The molecule has 2 N–H and O–H groups in total. The summed E-state index contributed by atoms with van der Waals surface area (Å²) in [5.74, 6) is 2.54. The molecule has 0 bridgehead atoms. The lowest BCUT2D eigenvalue weighted by atomic mass is 9.69. The predicted molar refractivity (Wildman–Crippen MR) is 139 cm³/mol. The second-order valence-corrected chi connectivity index (χ2v) is 8.16. The van der Waals surface area contributed by atoms with E-state index in [0.717, 1.165) is 36.3 Å². The van der Waals surface area contributed by atoms with Gasteiger partial charge in [-0.2, -0.15) is 0 Å². The number of pyridine rings is 1. The van der Waals surface area contributed by atoms with Crippen molar-refractivity contribution in [3.05, 3.63) is 60.0 Å². The maximum absolute atomic E-state index is 5.36. The Morgan fingerprint density at radius 1 is 1.06 bits per heavy atom. The van der Waals surface area contributed by atoms with Gasteiger partial charge in [0.05, 0.1) is 7.11 Å². The Labute approximate surface area is 207 Å². The molecule has 1 fully saturated rings. The molecule has 0 atom stereocenters. The van der Waals surface area contributed by atoms with E-state index in [4.69, 9.17) is 9.73 Å². The van der Waals surface area contributed by atoms with Crippen molar-refractivity contribution < 1.29 is 4.74 Å². The molecule has 32 heavy (non-hydrogen) atoms. The Hall–Kier alpha value is -2.36. The molecule has 1 saturated carbocycles. The first kappa shape index (κ1) is 24.3. The fourth-order valence-corrected chi connectivity index (χ4v) is 4.48. The number of nitrogens with zero attached hydrogens (tertiary/aromatic N) is 4. The largest absolute Gasteiger partial charge is 0.497 e. The molecule has 0 aliphatic heterocycles. The lowest BCUT2D eigenvalue weighted by molar-refractivity contribution is 0.291. The van der Waals surface area contributed by atoms with Crippen molar-refractivity contribution in [2.45, 2.75) is 51.0 Å². The highest BCUT2D eigenvalue weighted by molar-refractivity contribution is 14.0. The van der Waals surface area contributed by atoms with Crippen LogP contribution < -0.4 is 15.4 Å². The number of nitrogens with one attached hydrogen (secondary N) is 2. The summed E-state index contributed by atoms with van der Waals surface area (Å²) in [5, 5.41) is 15.5. The molecule has 4 rings (SSSR count). The Balaban J connectivity index is 0.00000289. The molecule has 2 heterocycles. The Bertz CT molecular complexity index is 1010. The van der Waals surface area contributed by atoms with Gasteiger partial charge in [0.25, 0.3) is 0 Å². The number of benzene rings is 1. The van der Waals surface area contributed by atoms with Crippen LogP contribution in [0.25, 0.3) is 5.65 Å². The molecule has 2 aromatic heterocycles. The Morgan fingerprint density at radius 3 is 2.56 bits per heavy atom. The molecule has 0 unspecified atom stereocenters. The fourth-order valence-electron chi connectivity index (χ4n) is 4.48. The standard InChI is InChI=1S/C24H32N6O.HI/c1-3-25-23(26-17-22-29-28-21-9-5-8-16-30(21)22)27-18-24(14-6-4-7-15-24)19-10-12-20(31-2)13-11-19;/h5,8-13,16H,3-4,6-7,14-15,17-18H2,1-2H3,(H2,25,26,27);1H. The van der Waals surface area contributed by atoms with Crippen molar-refractivity contribution in [1.82, 2.24) is 25.2 Å². The molecule has 1 aliphatic carbocycles. The van der Waals surface area contributed by atoms with Crippen LogP contribution in [-0.4, -0.2) is 40.8 Å². The summed E-state index contributed by atoms with van der Waals surface area (Å²) in [5.41, 5.74) is 2.33. The van der Waals surface area contributed by atoms with Gasteiger partial charge in [-0.1, -0.05) is 37.5 Å². The van der Waals surface area contributed by atoms with Gasteiger partial charge in [0, 0.05) is 24.7 Å². The topological polar surface area (TPSA) is 75.8 Å².